The number of amides is 2. The lowest BCUT2D eigenvalue weighted by Crippen LogP contribution is -2.26. The number of halogens is 1. The summed E-state index contributed by atoms with van der Waals surface area (Å²) in [5, 5.41) is 10.6. The number of nitrogens with zero attached hydrogens (tertiary/aromatic N) is 4. The summed E-state index contributed by atoms with van der Waals surface area (Å²) < 4.78 is 1.56. The first-order valence-electron chi connectivity index (χ1n) is 9.61. The van der Waals surface area contributed by atoms with Crippen LogP contribution in [-0.4, -0.2) is 39.7 Å². The fourth-order valence-corrected chi connectivity index (χ4v) is 3.69. The minimum atomic E-state index is -0.235. The highest BCUT2D eigenvalue weighted by molar-refractivity contribution is 6.31. The molecule has 0 bridgehead atoms. The van der Waals surface area contributed by atoms with Crippen LogP contribution in [0.25, 0.3) is 5.69 Å². The topological polar surface area (TPSA) is 92.2 Å². The van der Waals surface area contributed by atoms with E-state index in [1.165, 1.54) is 6.33 Å². The van der Waals surface area contributed by atoms with Gasteiger partial charge in [-0.25, -0.2) is 9.67 Å². The van der Waals surface area contributed by atoms with Crippen molar-refractivity contribution in [2.24, 2.45) is 0 Å². The zero-order valence-electron chi connectivity index (χ0n) is 16.4. The molecule has 1 aliphatic heterocycles. The first-order chi connectivity index (χ1) is 14.5. The maximum atomic E-state index is 12.6. The Labute approximate surface area is 178 Å². The van der Waals surface area contributed by atoms with Gasteiger partial charge in [-0.2, -0.15) is 5.10 Å². The van der Waals surface area contributed by atoms with Crippen LogP contribution in [0.5, 0.6) is 0 Å². The molecule has 0 atom stereocenters. The number of carbonyl (C=O) groups is 2. The summed E-state index contributed by atoms with van der Waals surface area (Å²) in [7, 11) is 0. The van der Waals surface area contributed by atoms with Gasteiger partial charge in [-0.3, -0.25) is 9.59 Å². The lowest BCUT2D eigenvalue weighted by Gasteiger charge is -2.21. The summed E-state index contributed by atoms with van der Waals surface area (Å²) in [6.45, 7) is 2.73. The number of benzene rings is 2. The normalized spacial score (nSPS) is 13.5. The third kappa shape index (κ3) is 4.13. The van der Waals surface area contributed by atoms with E-state index in [0.29, 0.717) is 22.8 Å². The molecule has 0 aliphatic carbocycles. The van der Waals surface area contributed by atoms with Crippen molar-refractivity contribution in [2.75, 3.05) is 28.6 Å². The number of nitrogens with one attached hydrogen (secondary N) is 2. The lowest BCUT2D eigenvalue weighted by atomic mass is 10.1. The highest BCUT2D eigenvalue weighted by Gasteiger charge is 2.23. The van der Waals surface area contributed by atoms with E-state index in [4.69, 9.17) is 11.6 Å². The van der Waals surface area contributed by atoms with Crippen molar-refractivity contribution < 1.29 is 9.59 Å². The maximum absolute atomic E-state index is 12.6. The number of aromatic nitrogens is 3. The third-order valence-electron chi connectivity index (χ3n) is 5.01. The molecular weight excluding hydrogens is 404 g/mol. The van der Waals surface area contributed by atoms with Gasteiger partial charge in [0.05, 0.1) is 17.9 Å². The Morgan fingerprint density at radius 3 is 2.80 bits per heavy atom. The van der Waals surface area contributed by atoms with Gasteiger partial charge in [0.1, 0.15) is 12.7 Å². The van der Waals surface area contributed by atoms with Crippen LogP contribution in [0.1, 0.15) is 18.4 Å². The van der Waals surface area contributed by atoms with Gasteiger partial charge >= 0.3 is 0 Å². The Morgan fingerprint density at radius 2 is 2.07 bits per heavy atom. The summed E-state index contributed by atoms with van der Waals surface area (Å²) in [4.78, 5) is 30.4. The molecule has 2 heterocycles. The summed E-state index contributed by atoms with van der Waals surface area (Å²) in [6, 6.07) is 10.9. The summed E-state index contributed by atoms with van der Waals surface area (Å²) in [5.41, 5.74) is 3.83. The van der Waals surface area contributed by atoms with Gasteiger partial charge in [0.2, 0.25) is 11.8 Å². The molecular formula is C21H21ClN6O2. The highest BCUT2D eigenvalue weighted by atomic mass is 35.5. The Morgan fingerprint density at radius 1 is 1.20 bits per heavy atom. The van der Waals surface area contributed by atoms with Crippen LogP contribution in [0.2, 0.25) is 5.02 Å². The predicted octanol–water partition coefficient (Wildman–Crippen LogP) is 3.41. The van der Waals surface area contributed by atoms with Gasteiger partial charge < -0.3 is 15.5 Å². The van der Waals surface area contributed by atoms with Crippen LogP contribution in [0.4, 0.5) is 17.1 Å². The second kappa shape index (κ2) is 8.54. The molecule has 4 rings (SSSR count). The van der Waals surface area contributed by atoms with Gasteiger partial charge in [0, 0.05) is 29.4 Å². The molecule has 2 aromatic carbocycles. The van der Waals surface area contributed by atoms with Gasteiger partial charge in [-0.1, -0.05) is 17.7 Å². The Balaban J connectivity index is 1.46. The summed E-state index contributed by atoms with van der Waals surface area (Å²) in [5.74, 6) is -0.102. The molecule has 1 aliphatic rings. The summed E-state index contributed by atoms with van der Waals surface area (Å²) >= 11 is 6.10. The Bertz CT molecular complexity index is 1080. The van der Waals surface area contributed by atoms with Gasteiger partial charge in [-0.05, 0) is 49.2 Å². The molecule has 1 aromatic heterocycles. The van der Waals surface area contributed by atoms with E-state index < -0.39 is 0 Å². The molecule has 8 nitrogen and oxygen atoms in total. The monoisotopic (exact) mass is 424 g/mol. The second-order valence-electron chi connectivity index (χ2n) is 7.00. The standard InChI is InChI=1S/C21H21ClN6O2/c1-14-16(4-2-5-18(14)27-9-3-6-21(27)30)24-11-20(29)26-17-10-15(22)7-8-19(17)28-13-23-12-25-28/h2,4-5,7-8,10,12-13,24H,3,6,9,11H2,1H3,(H,26,29). The quantitative estimate of drug-likeness (QED) is 0.632. The third-order valence-corrected chi connectivity index (χ3v) is 5.24. The highest BCUT2D eigenvalue weighted by Crippen LogP contribution is 2.30. The van der Waals surface area contributed by atoms with Gasteiger partial charge in [0.25, 0.3) is 0 Å². The Hall–Kier alpha value is -3.39. The molecule has 3 aromatic rings. The van der Waals surface area contributed by atoms with Crippen molar-refractivity contribution >= 4 is 40.5 Å². The average molecular weight is 425 g/mol. The van der Waals surface area contributed by atoms with E-state index in [-0.39, 0.29) is 18.4 Å². The molecule has 0 radical (unpaired) electrons. The zero-order valence-corrected chi connectivity index (χ0v) is 17.2. The number of anilines is 3. The van der Waals surface area contributed by atoms with Crippen molar-refractivity contribution in [3.05, 3.63) is 59.6 Å². The molecule has 154 valence electrons. The van der Waals surface area contributed by atoms with E-state index in [1.807, 2.05) is 25.1 Å². The van der Waals surface area contributed by atoms with Crippen molar-refractivity contribution in [3.8, 4) is 5.69 Å². The van der Waals surface area contributed by atoms with Gasteiger partial charge in [0.15, 0.2) is 0 Å². The fourth-order valence-electron chi connectivity index (χ4n) is 3.52. The number of hydrogen-bond acceptors (Lipinski definition) is 5. The molecule has 0 unspecified atom stereocenters. The smallest absolute Gasteiger partial charge is 0.243 e. The van der Waals surface area contributed by atoms with Crippen molar-refractivity contribution in [1.29, 1.82) is 0 Å². The molecule has 0 spiro atoms. The van der Waals surface area contributed by atoms with Gasteiger partial charge in [-0.15, -0.1) is 0 Å². The Kier molecular flexibility index (Phi) is 5.67. The molecule has 1 fully saturated rings. The minimum absolute atomic E-state index is 0.0571. The average Bonchev–Trinajstić information content (AvgIpc) is 3.39. The minimum Gasteiger partial charge on any atom is -0.376 e. The van der Waals surface area contributed by atoms with Crippen LogP contribution in [0, 0.1) is 6.92 Å². The van der Waals surface area contributed by atoms with Crippen molar-refractivity contribution in [3.63, 3.8) is 0 Å². The van der Waals surface area contributed by atoms with Crippen LogP contribution < -0.4 is 15.5 Å². The van der Waals surface area contributed by atoms with Crippen molar-refractivity contribution in [1.82, 2.24) is 14.8 Å². The maximum Gasteiger partial charge on any atom is 0.243 e. The SMILES string of the molecule is Cc1c(NCC(=O)Nc2cc(Cl)ccc2-n2cncn2)cccc1N1CCCC1=O. The number of rotatable bonds is 6. The zero-order chi connectivity index (χ0) is 21.1. The fraction of sp³-hybridized carbons (Fsp3) is 0.238. The largest absolute Gasteiger partial charge is 0.376 e. The lowest BCUT2D eigenvalue weighted by molar-refractivity contribution is -0.117. The summed E-state index contributed by atoms with van der Waals surface area (Å²) in [6.07, 6.45) is 4.41. The first kappa shape index (κ1) is 19.9. The molecule has 1 saturated heterocycles. The van der Waals surface area contributed by atoms with E-state index >= 15 is 0 Å². The molecule has 0 saturated carbocycles. The van der Waals surface area contributed by atoms with Crippen molar-refractivity contribution in [2.45, 2.75) is 19.8 Å². The van der Waals surface area contributed by atoms with Crippen LogP contribution in [0.15, 0.2) is 49.1 Å². The predicted molar refractivity (Wildman–Crippen MR) is 116 cm³/mol. The van der Waals surface area contributed by atoms with E-state index in [2.05, 4.69) is 20.7 Å². The molecule has 2 N–H and O–H groups in total. The molecule has 30 heavy (non-hydrogen) atoms. The van der Waals surface area contributed by atoms with Crippen LogP contribution in [-0.2, 0) is 9.59 Å². The van der Waals surface area contributed by atoms with E-state index in [0.717, 1.165) is 29.9 Å². The molecule has 2 amide bonds. The van der Waals surface area contributed by atoms with E-state index in [9.17, 15) is 9.59 Å². The number of hydrogen-bond donors (Lipinski definition) is 2. The first-order valence-corrected chi connectivity index (χ1v) is 9.99. The van der Waals surface area contributed by atoms with Crippen LogP contribution >= 0.6 is 11.6 Å². The van der Waals surface area contributed by atoms with E-state index in [1.54, 1.807) is 34.1 Å². The second-order valence-corrected chi connectivity index (χ2v) is 7.44. The molecule has 9 heteroatoms. The number of carbonyl (C=O) groups excluding carboxylic acids is 2. The van der Waals surface area contributed by atoms with Crippen LogP contribution in [0.3, 0.4) is 0 Å².